The zero-order valence-corrected chi connectivity index (χ0v) is 11.1. The molecule has 0 radical (unpaired) electrons. The first-order chi connectivity index (χ1) is 8.85. The SMILES string of the molecule is CCCNC(c1cnn(CCC)c1)c1ccco1. The third-order valence-electron chi connectivity index (χ3n) is 2.87. The number of nitrogens with one attached hydrogen (secondary N) is 1. The molecule has 18 heavy (non-hydrogen) atoms. The van der Waals surface area contributed by atoms with Crippen molar-refractivity contribution in [1.82, 2.24) is 15.1 Å². The summed E-state index contributed by atoms with van der Waals surface area (Å²) < 4.78 is 7.50. The van der Waals surface area contributed by atoms with Gasteiger partial charge in [-0.15, -0.1) is 0 Å². The van der Waals surface area contributed by atoms with Crippen LogP contribution < -0.4 is 5.32 Å². The van der Waals surface area contributed by atoms with E-state index in [1.165, 1.54) is 0 Å². The van der Waals surface area contributed by atoms with E-state index in [0.29, 0.717) is 0 Å². The van der Waals surface area contributed by atoms with Crippen molar-refractivity contribution in [3.8, 4) is 0 Å². The largest absolute Gasteiger partial charge is 0.467 e. The van der Waals surface area contributed by atoms with Crippen molar-refractivity contribution in [1.29, 1.82) is 0 Å². The zero-order valence-electron chi connectivity index (χ0n) is 11.1. The summed E-state index contributed by atoms with van der Waals surface area (Å²) in [4.78, 5) is 0. The van der Waals surface area contributed by atoms with E-state index in [1.54, 1.807) is 6.26 Å². The highest BCUT2D eigenvalue weighted by Crippen LogP contribution is 2.22. The standard InChI is InChI=1S/C14H21N3O/c1-3-7-15-14(13-6-5-9-18-13)12-10-16-17(11-12)8-4-2/h5-6,9-11,14-15H,3-4,7-8H2,1-2H3. The average molecular weight is 247 g/mol. The first-order valence-electron chi connectivity index (χ1n) is 6.64. The molecule has 0 fully saturated rings. The molecule has 4 nitrogen and oxygen atoms in total. The Balaban J connectivity index is 2.16. The quantitative estimate of drug-likeness (QED) is 0.818. The Hall–Kier alpha value is -1.55. The van der Waals surface area contributed by atoms with Crippen LogP contribution in [-0.2, 0) is 6.54 Å². The van der Waals surface area contributed by atoms with Gasteiger partial charge in [0.25, 0.3) is 0 Å². The predicted octanol–water partition coefficient (Wildman–Crippen LogP) is 2.98. The zero-order chi connectivity index (χ0) is 12.8. The molecule has 0 saturated heterocycles. The molecule has 0 bridgehead atoms. The molecule has 0 aliphatic rings. The monoisotopic (exact) mass is 247 g/mol. The second-order valence-corrected chi connectivity index (χ2v) is 4.44. The summed E-state index contributed by atoms with van der Waals surface area (Å²) in [5.74, 6) is 0.944. The van der Waals surface area contributed by atoms with Gasteiger partial charge in [-0.1, -0.05) is 13.8 Å². The van der Waals surface area contributed by atoms with Gasteiger partial charge in [0.1, 0.15) is 5.76 Å². The van der Waals surface area contributed by atoms with E-state index in [0.717, 1.165) is 37.3 Å². The molecule has 1 unspecified atom stereocenters. The van der Waals surface area contributed by atoms with E-state index in [2.05, 4.69) is 30.5 Å². The fourth-order valence-electron chi connectivity index (χ4n) is 2.01. The second-order valence-electron chi connectivity index (χ2n) is 4.44. The fraction of sp³-hybridized carbons (Fsp3) is 0.500. The molecule has 0 aliphatic heterocycles. The Morgan fingerprint density at radius 2 is 2.28 bits per heavy atom. The van der Waals surface area contributed by atoms with Crippen LogP contribution in [0.4, 0.5) is 0 Å². The normalized spacial score (nSPS) is 12.8. The summed E-state index contributed by atoms with van der Waals surface area (Å²) in [5, 5.41) is 7.88. The molecule has 4 heteroatoms. The van der Waals surface area contributed by atoms with Crippen molar-refractivity contribution in [3.63, 3.8) is 0 Å². The van der Waals surface area contributed by atoms with Crippen LogP contribution in [0.2, 0.25) is 0 Å². The summed E-state index contributed by atoms with van der Waals surface area (Å²) in [6.45, 7) is 6.23. The molecule has 2 aromatic rings. The first-order valence-corrected chi connectivity index (χ1v) is 6.64. The minimum absolute atomic E-state index is 0.102. The van der Waals surface area contributed by atoms with Gasteiger partial charge in [-0.3, -0.25) is 4.68 Å². The summed E-state index contributed by atoms with van der Waals surface area (Å²) in [6, 6.07) is 4.03. The Morgan fingerprint density at radius 3 is 2.94 bits per heavy atom. The van der Waals surface area contributed by atoms with Gasteiger partial charge in [0.2, 0.25) is 0 Å². The highest BCUT2D eigenvalue weighted by atomic mass is 16.3. The van der Waals surface area contributed by atoms with Gasteiger partial charge in [0.15, 0.2) is 0 Å². The minimum atomic E-state index is 0.102. The summed E-state index contributed by atoms with van der Waals surface area (Å²) in [5.41, 5.74) is 1.16. The van der Waals surface area contributed by atoms with Crippen molar-refractivity contribution in [2.24, 2.45) is 0 Å². The maximum absolute atomic E-state index is 5.52. The molecule has 0 spiro atoms. The highest BCUT2D eigenvalue weighted by molar-refractivity contribution is 5.21. The van der Waals surface area contributed by atoms with Gasteiger partial charge in [0, 0.05) is 18.3 Å². The van der Waals surface area contributed by atoms with Gasteiger partial charge in [0.05, 0.1) is 18.5 Å². The van der Waals surface area contributed by atoms with Crippen LogP contribution in [0.5, 0.6) is 0 Å². The first kappa shape index (κ1) is 12.9. The van der Waals surface area contributed by atoms with E-state index in [9.17, 15) is 0 Å². The van der Waals surface area contributed by atoms with Crippen molar-refractivity contribution in [2.45, 2.75) is 39.3 Å². The van der Waals surface area contributed by atoms with Crippen LogP contribution >= 0.6 is 0 Å². The van der Waals surface area contributed by atoms with E-state index in [4.69, 9.17) is 4.42 Å². The van der Waals surface area contributed by atoms with Crippen LogP contribution in [0.25, 0.3) is 0 Å². The molecule has 0 aromatic carbocycles. The Labute approximate surface area is 108 Å². The van der Waals surface area contributed by atoms with Crippen molar-refractivity contribution in [3.05, 3.63) is 42.1 Å². The lowest BCUT2D eigenvalue weighted by atomic mass is 10.1. The third kappa shape index (κ3) is 3.01. The molecular formula is C14H21N3O. The van der Waals surface area contributed by atoms with Crippen molar-refractivity contribution < 1.29 is 4.42 Å². The summed E-state index contributed by atoms with van der Waals surface area (Å²) in [7, 11) is 0. The Kier molecular flexibility index (Phi) is 4.59. The number of furan rings is 1. The van der Waals surface area contributed by atoms with Crippen LogP contribution in [0, 0.1) is 0 Å². The molecule has 2 aromatic heterocycles. The number of aryl methyl sites for hydroxylation is 1. The molecular weight excluding hydrogens is 226 g/mol. The van der Waals surface area contributed by atoms with Crippen LogP contribution in [0.3, 0.4) is 0 Å². The molecule has 2 rings (SSSR count). The number of hydrogen-bond acceptors (Lipinski definition) is 3. The highest BCUT2D eigenvalue weighted by Gasteiger charge is 2.17. The van der Waals surface area contributed by atoms with E-state index in [-0.39, 0.29) is 6.04 Å². The number of hydrogen-bond donors (Lipinski definition) is 1. The topological polar surface area (TPSA) is 43.0 Å². The van der Waals surface area contributed by atoms with Gasteiger partial charge in [-0.05, 0) is 31.5 Å². The molecule has 0 aliphatic carbocycles. The maximum atomic E-state index is 5.52. The predicted molar refractivity (Wildman–Crippen MR) is 71.4 cm³/mol. The maximum Gasteiger partial charge on any atom is 0.125 e. The number of aromatic nitrogens is 2. The third-order valence-corrected chi connectivity index (χ3v) is 2.87. The molecule has 2 heterocycles. The lowest BCUT2D eigenvalue weighted by Gasteiger charge is -2.14. The van der Waals surface area contributed by atoms with Gasteiger partial charge < -0.3 is 9.73 Å². The Morgan fingerprint density at radius 1 is 1.39 bits per heavy atom. The summed E-state index contributed by atoms with van der Waals surface area (Å²) in [6.07, 6.45) is 7.92. The second kappa shape index (κ2) is 6.40. The average Bonchev–Trinajstić information content (AvgIpc) is 3.02. The van der Waals surface area contributed by atoms with E-state index in [1.807, 2.05) is 23.0 Å². The lowest BCUT2D eigenvalue weighted by molar-refractivity contribution is 0.446. The molecule has 98 valence electrons. The van der Waals surface area contributed by atoms with Gasteiger partial charge >= 0.3 is 0 Å². The van der Waals surface area contributed by atoms with E-state index < -0.39 is 0 Å². The fourth-order valence-corrected chi connectivity index (χ4v) is 2.01. The van der Waals surface area contributed by atoms with E-state index >= 15 is 0 Å². The van der Waals surface area contributed by atoms with Crippen molar-refractivity contribution >= 4 is 0 Å². The van der Waals surface area contributed by atoms with Crippen molar-refractivity contribution in [2.75, 3.05) is 6.54 Å². The molecule has 0 amide bonds. The van der Waals surface area contributed by atoms with Crippen LogP contribution in [0.1, 0.15) is 44.1 Å². The smallest absolute Gasteiger partial charge is 0.125 e. The Bertz CT molecular complexity index is 447. The molecule has 0 saturated carbocycles. The van der Waals surface area contributed by atoms with Gasteiger partial charge in [-0.2, -0.15) is 5.10 Å². The number of nitrogens with zero attached hydrogens (tertiary/aromatic N) is 2. The minimum Gasteiger partial charge on any atom is -0.467 e. The number of rotatable bonds is 7. The summed E-state index contributed by atoms with van der Waals surface area (Å²) >= 11 is 0. The van der Waals surface area contributed by atoms with Gasteiger partial charge in [-0.25, -0.2) is 0 Å². The lowest BCUT2D eigenvalue weighted by Crippen LogP contribution is -2.22. The molecule has 1 N–H and O–H groups in total. The van der Waals surface area contributed by atoms with Crippen LogP contribution in [0.15, 0.2) is 35.2 Å². The molecule has 1 atom stereocenters. The van der Waals surface area contributed by atoms with Crippen LogP contribution in [-0.4, -0.2) is 16.3 Å².